The summed E-state index contributed by atoms with van der Waals surface area (Å²) in [7, 11) is 1.31. The van der Waals surface area contributed by atoms with Crippen molar-refractivity contribution in [1.82, 2.24) is 4.90 Å². The number of methoxy groups -OCH3 is 1. The number of amides is 1. The molecule has 1 aliphatic heterocycles. The number of piperidine rings is 1. The Morgan fingerprint density at radius 3 is 2.67 bits per heavy atom. The highest BCUT2D eigenvalue weighted by molar-refractivity contribution is 5.82. The quantitative estimate of drug-likeness (QED) is 0.471. The predicted molar refractivity (Wildman–Crippen MR) is 89.6 cm³/mol. The van der Waals surface area contributed by atoms with Gasteiger partial charge in [-0.25, -0.2) is 9.18 Å². The van der Waals surface area contributed by atoms with E-state index < -0.39 is 5.97 Å². The second kappa shape index (κ2) is 8.43. The van der Waals surface area contributed by atoms with Crippen molar-refractivity contribution >= 4 is 11.9 Å². The molecule has 5 heteroatoms. The van der Waals surface area contributed by atoms with Gasteiger partial charge in [-0.3, -0.25) is 4.79 Å². The van der Waals surface area contributed by atoms with Gasteiger partial charge in [-0.15, -0.1) is 6.58 Å². The van der Waals surface area contributed by atoms with Gasteiger partial charge in [0.25, 0.3) is 0 Å². The summed E-state index contributed by atoms with van der Waals surface area (Å²) in [5.74, 6) is -0.811. The summed E-state index contributed by atoms with van der Waals surface area (Å²) in [6, 6.07) is 5.89. The Hall–Kier alpha value is -2.43. The van der Waals surface area contributed by atoms with Gasteiger partial charge < -0.3 is 9.64 Å². The van der Waals surface area contributed by atoms with Crippen LogP contribution < -0.4 is 0 Å². The lowest BCUT2D eigenvalue weighted by Gasteiger charge is -2.41. The average Bonchev–Trinajstić information content (AvgIpc) is 2.60. The van der Waals surface area contributed by atoms with Gasteiger partial charge in [0.1, 0.15) is 5.82 Å². The predicted octanol–water partition coefficient (Wildman–Crippen LogP) is 3.55. The minimum atomic E-state index is -0.449. The fourth-order valence-electron chi connectivity index (χ4n) is 3.08. The first-order valence-corrected chi connectivity index (χ1v) is 8.00. The van der Waals surface area contributed by atoms with E-state index in [1.807, 2.05) is 0 Å². The number of halogens is 1. The molecule has 4 nitrogen and oxygen atoms in total. The molecule has 0 unspecified atom stereocenters. The zero-order valence-corrected chi connectivity index (χ0v) is 13.8. The number of carbonyl (C=O) groups is 2. The number of carbonyl (C=O) groups excluding carboxylic acids is 2. The van der Waals surface area contributed by atoms with Crippen molar-refractivity contribution < 1.29 is 18.7 Å². The molecule has 0 aliphatic carbocycles. The van der Waals surface area contributed by atoms with Crippen LogP contribution in [0.4, 0.5) is 4.39 Å². The molecule has 1 saturated heterocycles. The minimum Gasteiger partial charge on any atom is -0.466 e. The third-order valence-corrected chi connectivity index (χ3v) is 4.19. The molecule has 0 radical (unpaired) electrons. The number of likely N-dealkylation sites (tertiary alicyclic amines) is 1. The molecule has 1 aromatic carbocycles. The van der Waals surface area contributed by atoms with Crippen molar-refractivity contribution in [2.45, 2.75) is 37.8 Å². The summed E-state index contributed by atoms with van der Waals surface area (Å²) >= 11 is 0. The molecule has 1 aromatic rings. The lowest BCUT2D eigenvalue weighted by atomic mass is 9.90. The van der Waals surface area contributed by atoms with E-state index in [-0.39, 0.29) is 30.2 Å². The first kappa shape index (κ1) is 17.9. The fraction of sp³-hybridized carbons (Fsp3) is 0.368. The van der Waals surface area contributed by atoms with Gasteiger partial charge in [0, 0.05) is 12.5 Å². The largest absolute Gasteiger partial charge is 0.466 e. The van der Waals surface area contributed by atoms with E-state index >= 15 is 0 Å². The first-order valence-electron chi connectivity index (χ1n) is 8.00. The molecule has 0 bridgehead atoms. The Morgan fingerprint density at radius 2 is 2.04 bits per heavy atom. The van der Waals surface area contributed by atoms with Gasteiger partial charge in [0.05, 0.1) is 19.2 Å². The minimum absolute atomic E-state index is 0.0569. The van der Waals surface area contributed by atoms with Crippen LogP contribution in [0.1, 0.15) is 37.3 Å². The monoisotopic (exact) mass is 331 g/mol. The Labute approximate surface area is 141 Å². The molecule has 0 saturated carbocycles. The number of hydrogen-bond acceptors (Lipinski definition) is 3. The second-order valence-corrected chi connectivity index (χ2v) is 5.74. The summed E-state index contributed by atoms with van der Waals surface area (Å²) < 4.78 is 17.8. The van der Waals surface area contributed by atoms with Gasteiger partial charge >= 0.3 is 5.97 Å². The van der Waals surface area contributed by atoms with E-state index in [0.717, 1.165) is 24.8 Å². The molecule has 128 valence electrons. The molecule has 0 N–H and O–H groups in total. The molecule has 0 spiro atoms. The van der Waals surface area contributed by atoms with Gasteiger partial charge in [0.2, 0.25) is 5.91 Å². The van der Waals surface area contributed by atoms with Crippen LogP contribution in [0.15, 0.2) is 49.1 Å². The van der Waals surface area contributed by atoms with E-state index in [1.54, 1.807) is 29.2 Å². The van der Waals surface area contributed by atoms with Crippen LogP contribution in [-0.2, 0) is 14.3 Å². The maximum atomic E-state index is 13.2. The normalized spacial score (nSPS) is 20.8. The maximum Gasteiger partial charge on any atom is 0.330 e. The zero-order valence-electron chi connectivity index (χ0n) is 13.8. The van der Waals surface area contributed by atoms with Crippen LogP contribution in [0.3, 0.4) is 0 Å². The van der Waals surface area contributed by atoms with Crippen molar-refractivity contribution in [3.8, 4) is 0 Å². The number of esters is 1. The molecule has 2 rings (SSSR count). The zero-order chi connectivity index (χ0) is 17.5. The van der Waals surface area contributed by atoms with Crippen LogP contribution in [0.5, 0.6) is 0 Å². The number of benzene rings is 1. The lowest BCUT2D eigenvalue weighted by molar-refractivity contribution is -0.137. The molecule has 0 aromatic heterocycles. The number of nitrogens with zero attached hydrogens (tertiary/aromatic N) is 1. The second-order valence-electron chi connectivity index (χ2n) is 5.74. The van der Waals surface area contributed by atoms with Crippen LogP contribution in [-0.4, -0.2) is 29.9 Å². The van der Waals surface area contributed by atoms with E-state index in [2.05, 4.69) is 11.3 Å². The highest BCUT2D eigenvalue weighted by atomic mass is 19.1. The fourth-order valence-corrected chi connectivity index (χ4v) is 3.08. The van der Waals surface area contributed by atoms with E-state index in [4.69, 9.17) is 0 Å². The SMILES string of the molecule is C=CCC(=O)N1[C@@H](/C=C/C(=O)OC)CCC[C@H]1c1ccc(F)cc1. The molecular formula is C19H22FNO3. The highest BCUT2D eigenvalue weighted by Gasteiger charge is 2.33. The number of ether oxygens (including phenoxy) is 1. The van der Waals surface area contributed by atoms with Gasteiger partial charge in [-0.2, -0.15) is 0 Å². The van der Waals surface area contributed by atoms with Crippen molar-refractivity contribution in [2.24, 2.45) is 0 Å². The van der Waals surface area contributed by atoms with Crippen LogP contribution in [0.2, 0.25) is 0 Å². The molecule has 2 atom stereocenters. The van der Waals surface area contributed by atoms with Gasteiger partial charge in [-0.05, 0) is 37.0 Å². The van der Waals surface area contributed by atoms with Crippen LogP contribution in [0, 0.1) is 5.82 Å². The molecular weight excluding hydrogens is 309 g/mol. The van der Waals surface area contributed by atoms with Crippen LogP contribution in [0.25, 0.3) is 0 Å². The maximum absolute atomic E-state index is 13.2. The number of rotatable bonds is 5. The van der Waals surface area contributed by atoms with Gasteiger partial charge in [-0.1, -0.05) is 24.3 Å². The Kier molecular flexibility index (Phi) is 6.29. The summed E-state index contributed by atoms with van der Waals surface area (Å²) in [4.78, 5) is 25.8. The average molecular weight is 331 g/mol. The van der Waals surface area contributed by atoms with Crippen LogP contribution >= 0.6 is 0 Å². The summed E-state index contributed by atoms with van der Waals surface area (Å²) in [6.45, 7) is 3.63. The highest BCUT2D eigenvalue weighted by Crippen LogP contribution is 2.35. The summed E-state index contributed by atoms with van der Waals surface area (Å²) in [6.07, 6.45) is 7.34. The molecule has 1 fully saturated rings. The molecule has 1 amide bonds. The van der Waals surface area contributed by atoms with Crippen molar-refractivity contribution in [1.29, 1.82) is 0 Å². The smallest absolute Gasteiger partial charge is 0.330 e. The Morgan fingerprint density at radius 1 is 1.33 bits per heavy atom. The third-order valence-electron chi connectivity index (χ3n) is 4.19. The number of hydrogen-bond donors (Lipinski definition) is 0. The van der Waals surface area contributed by atoms with Crippen molar-refractivity contribution in [2.75, 3.05) is 7.11 Å². The summed E-state index contributed by atoms with van der Waals surface area (Å²) in [5.41, 5.74) is 0.894. The van der Waals surface area contributed by atoms with Crippen molar-refractivity contribution in [3.05, 3.63) is 60.5 Å². The van der Waals surface area contributed by atoms with Gasteiger partial charge in [0.15, 0.2) is 0 Å². The van der Waals surface area contributed by atoms with E-state index in [0.29, 0.717) is 0 Å². The third kappa shape index (κ3) is 4.31. The molecule has 24 heavy (non-hydrogen) atoms. The van der Waals surface area contributed by atoms with E-state index in [1.165, 1.54) is 25.3 Å². The van der Waals surface area contributed by atoms with Crippen molar-refractivity contribution in [3.63, 3.8) is 0 Å². The topological polar surface area (TPSA) is 46.6 Å². The summed E-state index contributed by atoms with van der Waals surface area (Å²) in [5, 5.41) is 0. The first-order chi connectivity index (χ1) is 11.6. The Balaban J connectivity index is 2.31. The molecule has 1 heterocycles. The standard InChI is InChI=1S/C19H22FNO3/c1-3-5-18(22)21-16(12-13-19(23)24-2)6-4-7-17(21)14-8-10-15(20)11-9-14/h3,8-13,16-17H,1,4-7H2,2H3/b13-12+/t16-,17+/m1/s1. The lowest BCUT2D eigenvalue weighted by Crippen LogP contribution is -2.44. The van der Waals surface area contributed by atoms with E-state index in [9.17, 15) is 14.0 Å². The molecule has 1 aliphatic rings. The Bertz CT molecular complexity index is 624.